The quantitative estimate of drug-likeness (QED) is 0.498. The standard InChI is InChI=1S/C28H27N3O5/c1-35-23-13-6-10-20(25(23)36-2)18-31-27(33)21-11-7-12-22(24(21)28(31)34)29-14-16-30(17-15-29)26(32)19-8-4-3-5-9-19/h3-13H,14-18H2,1-2H3. The van der Waals surface area contributed by atoms with Gasteiger partial charge in [-0.15, -0.1) is 0 Å². The molecule has 2 aliphatic rings. The molecule has 0 unspecified atom stereocenters. The lowest BCUT2D eigenvalue weighted by Crippen LogP contribution is -2.49. The Morgan fingerprint density at radius 1 is 0.806 bits per heavy atom. The first-order chi connectivity index (χ1) is 17.5. The van der Waals surface area contributed by atoms with Crippen molar-refractivity contribution in [2.24, 2.45) is 0 Å². The van der Waals surface area contributed by atoms with E-state index in [-0.39, 0.29) is 24.3 Å². The lowest BCUT2D eigenvalue weighted by atomic mass is 10.1. The predicted molar refractivity (Wildman–Crippen MR) is 135 cm³/mol. The fraction of sp³-hybridized carbons (Fsp3) is 0.250. The van der Waals surface area contributed by atoms with Crippen molar-refractivity contribution < 1.29 is 23.9 Å². The van der Waals surface area contributed by atoms with Crippen LogP contribution in [0, 0.1) is 0 Å². The second-order valence-corrected chi connectivity index (χ2v) is 8.69. The van der Waals surface area contributed by atoms with E-state index in [0.717, 1.165) is 5.69 Å². The number of para-hydroxylation sites is 1. The second kappa shape index (κ2) is 9.73. The molecule has 36 heavy (non-hydrogen) atoms. The van der Waals surface area contributed by atoms with Crippen LogP contribution in [0.25, 0.3) is 0 Å². The Hall–Kier alpha value is -4.33. The summed E-state index contributed by atoms with van der Waals surface area (Å²) in [7, 11) is 3.08. The van der Waals surface area contributed by atoms with Gasteiger partial charge in [-0.05, 0) is 30.3 Å². The molecule has 3 amide bonds. The summed E-state index contributed by atoms with van der Waals surface area (Å²) < 4.78 is 10.9. The smallest absolute Gasteiger partial charge is 0.263 e. The van der Waals surface area contributed by atoms with Crippen LogP contribution in [0.1, 0.15) is 36.6 Å². The maximum Gasteiger partial charge on any atom is 0.263 e. The molecule has 0 radical (unpaired) electrons. The van der Waals surface area contributed by atoms with E-state index in [9.17, 15) is 14.4 Å². The summed E-state index contributed by atoms with van der Waals surface area (Å²) in [6, 6.07) is 20.0. The van der Waals surface area contributed by atoms with Crippen molar-refractivity contribution >= 4 is 23.4 Å². The maximum atomic E-state index is 13.5. The zero-order valence-electron chi connectivity index (χ0n) is 20.3. The third-order valence-corrected chi connectivity index (χ3v) is 6.72. The molecule has 1 fully saturated rings. The average molecular weight is 486 g/mol. The molecule has 2 aliphatic heterocycles. The number of methoxy groups -OCH3 is 2. The van der Waals surface area contributed by atoms with Gasteiger partial charge in [-0.3, -0.25) is 19.3 Å². The molecule has 0 aromatic heterocycles. The van der Waals surface area contributed by atoms with Gasteiger partial charge in [0.2, 0.25) is 0 Å². The van der Waals surface area contributed by atoms with Crippen LogP contribution in [0.5, 0.6) is 11.5 Å². The SMILES string of the molecule is COc1cccc(CN2C(=O)c3cccc(N4CCN(C(=O)c5ccccc5)CC4)c3C2=O)c1OC. The first-order valence-corrected chi connectivity index (χ1v) is 11.8. The first-order valence-electron chi connectivity index (χ1n) is 11.8. The maximum absolute atomic E-state index is 13.5. The van der Waals surface area contributed by atoms with Crippen LogP contribution < -0.4 is 14.4 Å². The van der Waals surface area contributed by atoms with Crippen molar-refractivity contribution in [3.63, 3.8) is 0 Å². The monoisotopic (exact) mass is 485 g/mol. The summed E-state index contributed by atoms with van der Waals surface area (Å²) in [5.74, 6) is 0.363. The molecule has 8 heteroatoms. The Labute approximate surface area is 209 Å². The highest BCUT2D eigenvalue weighted by atomic mass is 16.5. The number of amides is 3. The van der Waals surface area contributed by atoms with Crippen LogP contribution in [0.2, 0.25) is 0 Å². The third-order valence-electron chi connectivity index (χ3n) is 6.72. The molecule has 8 nitrogen and oxygen atoms in total. The first kappa shape index (κ1) is 23.4. The average Bonchev–Trinajstić information content (AvgIpc) is 3.18. The highest BCUT2D eigenvalue weighted by molar-refractivity contribution is 6.23. The van der Waals surface area contributed by atoms with E-state index < -0.39 is 0 Å². The molecule has 1 saturated heterocycles. The van der Waals surface area contributed by atoms with Gasteiger partial charge in [-0.25, -0.2) is 0 Å². The number of hydrogen-bond donors (Lipinski definition) is 0. The molecule has 2 heterocycles. The van der Waals surface area contributed by atoms with Gasteiger partial charge in [0.25, 0.3) is 17.7 Å². The molecule has 3 aromatic carbocycles. The van der Waals surface area contributed by atoms with Gasteiger partial charge in [0.05, 0.1) is 37.6 Å². The van der Waals surface area contributed by atoms with Crippen molar-refractivity contribution in [1.29, 1.82) is 0 Å². The molecule has 3 aromatic rings. The minimum atomic E-state index is -0.335. The lowest BCUT2D eigenvalue weighted by Gasteiger charge is -2.36. The largest absolute Gasteiger partial charge is 0.493 e. The number of carbonyl (C=O) groups is 3. The summed E-state index contributed by atoms with van der Waals surface area (Å²) >= 11 is 0. The summed E-state index contributed by atoms with van der Waals surface area (Å²) in [6.07, 6.45) is 0. The van der Waals surface area contributed by atoms with Gasteiger partial charge in [-0.1, -0.05) is 36.4 Å². The van der Waals surface area contributed by atoms with Crippen molar-refractivity contribution in [2.45, 2.75) is 6.54 Å². The van der Waals surface area contributed by atoms with Gasteiger partial charge >= 0.3 is 0 Å². The Kier molecular flexibility index (Phi) is 6.33. The number of nitrogens with zero attached hydrogens (tertiary/aromatic N) is 3. The highest BCUT2D eigenvalue weighted by Crippen LogP contribution is 2.36. The number of anilines is 1. The van der Waals surface area contributed by atoms with Gasteiger partial charge < -0.3 is 19.3 Å². The lowest BCUT2D eigenvalue weighted by molar-refractivity contribution is 0.0639. The zero-order chi connectivity index (χ0) is 25.2. The van der Waals surface area contributed by atoms with Crippen molar-refractivity contribution in [2.75, 3.05) is 45.3 Å². The van der Waals surface area contributed by atoms with Crippen LogP contribution in [-0.2, 0) is 6.54 Å². The molecule has 0 spiro atoms. The van der Waals surface area contributed by atoms with E-state index in [4.69, 9.17) is 9.47 Å². The fourth-order valence-electron chi connectivity index (χ4n) is 4.89. The number of imide groups is 1. The number of hydrogen-bond acceptors (Lipinski definition) is 6. The number of piperazine rings is 1. The van der Waals surface area contributed by atoms with E-state index >= 15 is 0 Å². The molecule has 0 bridgehead atoms. The molecule has 0 atom stereocenters. The molecular formula is C28H27N3O5. The molecule has 0 saturated carbocycles. The summed E-state index contributed by atoms with van der Waals surface area (Å²) in [4.78, 5) is 44.8. The second-order valence-electron chi connectivity index (χ2n) is 8.69. The molecular weight excluding hydrogens is 458 g/mol. The topological polar surface area (TPSA) is 79.4 Å². The summed E-state index contributed by atoms with van der Waals surface area (Å²) in [6.45, 7) is 2.28. The number of ether oxygens (including phenoxy) is 2. The Balaban J connectivity index is 1.36. The van der Waals surface area contributed by atoms with E-state index in [2.05, 4.69) is 4.90 Å². The fourth-order valence-corrected chi connectivity index (χ4v) is 4.89. The summed E-state index contributed by atoms with van der Waals surface area (Å²) in [5, 5.41) is 0. The Bertz CT molecular complexity index is 1320. The van der Waals surface area contributed by atoms with E-state index in [1.54, 1.807) is 31.4 Å². The Morgan fingerprint density at radius 2 is 1.53 bits per heavy atom. The third kappa shape index (κ3) is 4.04. The Morgan fingerprint density at radius 3 is 2.22 bits per heavy atom. The van der Waals surface area contributed by atoms with E-state index in [1.165, 1.54) is 12.0 Å². The van der Waals surface area contributed by atoms with Crippen LogP contribution >= 0.6 is 0 Å². The molecule has 184 valence electrons. The van der Waals surface area contributed by atoms with Gasteiger partial charge in [0.15, 0.2) is 11.5 Å². The van der Waals surface area contributed by atoms with Crippen LogP contribution in [0.3, 0.4) is 0 Å². The molecule has 0 N–H and O–H groups in total. The van der Waals surface area contributed by atoms with Crippen molar-refractivity contribution in [3.05, 3.63) is 89.0 Å². The van der Waals surface area contributed by atoms with Gasteiger partial charge in [-0.2, -0.15) is 0 Å². The number of rotatable bonds is 6. The van der Waals surface area contributed by atoms with Crippen LogP contribution in [0.4, 0.5) is 5.69 Å². The minimum absolute atomic E-state index is 0.00166. The van der Waals surface area contributed by atoms with Crippen molar-refractivity contribution in [1.82, 2.24) is 9.80 Å². The summed E-state index contributed by atoms with van der Waals surface area (Å²) in [5.41, 5.74) is 2.86. The number of carbonyl (C=O) groups excluding carboxylic acids is 3. The molecule has 5 rings (SSSR count). The highest BCUT2D eigenvalue weighted by Gasteiger charge is 2.39. The van der Waals surface area contributed by atoms with Gasteiger partial charge in [0, 0.05) is 37.3 Å². The normalized spacial score (nSPS) is 15.2. The van der Waals surface area contributed by atoms with Crippen molar-refractivity contribution in [3.8, 4) is 11.5 Å². The van der Waals surface area contributed by atoms with Crippen LogP contribution in [0.15, 0.2) is 66.7 Å². The van der Waals surface area contributed by atoms with Gasteiger partial charge in [0.1, 0.15) is 0 Å². The van der Waals surface area contributed by atoms with Crippen LogP contribution in [-0.4, -0.2) is 67.9 Å². The zero-order valence-corrected chi connectivity index (χ0v) is 20.3. The molecule has 0 aliphatic carbocycles. The number of fused-ring (bicyclic) bond motifs is 1. The minimum Gasteiger partial charge on any atom is -0.493 e. The van der Waals surface area contributed by atoms with E-state index in [1.807, 2.05) is 47.4 Å². The number of benzene rings is 3. The predicted octanol–water partition coefficient (Wildman–Crippen LogP) is 3.46. The van der Waals surface area contributed by atoms with E-state index in [0.29, 0.717) is 59.9 Å².